The largest absolute Gasteiger partial charge is 0.489 e. The lowest BCUT2D eigenvalue weighted by atomic mass is 9.97. The van der Waals surface area contributed by atoms with Gasteiger partial charge in [0.1, 0.15) is 11.9 Å². The average molecular weight is 376 g/mol. The summed E-state index contributed by atoms with van der Waals surface area (Å²) in [7, 11) is 0. The molecule has 0 aromatic heterocycles. The van der Waals surface area contributed by atoms with Crippen LogP contribution >= 0.6 is 0 Å². The molecule has 1 aliphatic heterocycles. The Bertz CT molecular complexity index is 625. The first-order valence-electron chi connectivity index (χ1n) is 9.97. The van der Waals surface area contributed by atoms with Crippen molar-refractivity contribution in [3.63, 3.8) is 0 Å². The minimum absolute atomic E-state index is 0.00684. The second kappa shape index (κ2) is 10.8. The van der Waals surface area contributed by atoms with E-state index in [4.69, 9.17) is 14.5 Å². The van der Waals surface area contributed by atoms with Crippen molar-refractivity contribution < 1.29 is 14.3 Å². The lowest BCUT2D eigenvalue weighted by molar-refractivity contribution is -0.149. The van der Waals surface area contributed by atoms with E-state index in [2.05, 4.69) is 17.1 Å². The molecule has 0 spiro atoms. The van der Waals surface area contributed by atoms with Crippen molar-refractivity contribution in [2.45, 2.75) is 46.6 Å². The lowest BCUT2D eigenvalue weighted by Crippen LogP contribution is -2.47. The third-order valence-electron chi connectivity index (χ3n) is 4.67. The van der Waals surface area contributed by atoms with E-state index < -0.39 is 0 Å². The molecule has 0 saturated carbocycles. The van der Waals surface area contributed by atoms with Gasteiger partial charge in [0.2, 0.25) is 0 Å². The minimum atomic E-state index is -0.0701. The molecule has 1 fully saturated rings. The van der Waals surface area contributed by atoms with Gasteiger partial charge in [-0.05, 0) is 52.2 Å². The van der Waals surface area contributed by atoms with Crippen molar-refractivity contribution >= 4 is 11.9 Å². The summed E-state index contributed by atoms with van der Waals surface area (Å²) in [4.78, 5) is 18.9. The number of carbonyl (C=O) groups excluding carboxylic acids is 1. The van der Waals surface area contributed by atoms with E-state index in [1.165, 1.54) is 0 Å². The molecule has 1 saturated heterocycles. The number of nitrogens with zero attached hydrogens (tertiary/aromatic N) is 2. The first-order valence-corrected chi connectivity index (χ1v) is 9.97. The van der Waals surface area contributed by atoms with Crippen LogP contribution in [0.15, 0.2) is 29.3 Å². The number of ether oxygens (including phenoxy) is 2. The number of aliphatic imine (C=N–C) groups is 1. The first-order chi connectivity index (χ1) is 13.0. The van der Waals surface area contributed by atoms with E-state index in [1.807, 2.05) is 45.0 Å². The number of piperidine rings is 1. The van der Waals surface area contributed by atoms with E-state index in [1.54, 1.807) is 0 Å². The Morgan fingerprint density at radius 1 is 1.30 bits per heavy atom. The molecule has 1 heterocycles. The summed E-state index contributed by atoms with van der Waals surface area (Å²) in [5.74, 6) is 1.73. The number of rotatable bonds is 7. The van der Waals surface area contributed by atoms with Crippen molar-refractivity contribution in [2.24, 2.45) is 10.9 Å². The minimum Gasteiger partial charge on any atom is -0.489 e. The lowest BCUT2D eigenvalue weighted by Gasteiger charge is -2.33. The van der Waals surface area contributed by atoms with Gasteiger partial charge < -0.3 is 19.7 Å². The molecule has 1 atom stereocenters. The normalized spacial score (nSPS) is 16.7. The van der Waals surface area contributed by atoms with E-state index in [0.717, 1.165) is 49.7 Å². The number of hydrogen-bond acceptors (Lipinski definition) is 4. The van der Waals surface area contributed by atoms with Crippen LogP contribution in [0.3, 0.4) is 0 Å². The summed E-state index contributed by atoms with van der Waals surface area (Å²) in [5.41, 5.74) is 1.13. The highest BCUT2D eigenvalue weighted by atomic mass is 16.5. The van der Waals surface area contributed by atoms with Gasteiger partial charge in [-0.15, -0.1) is 0 Å². The van der Waals surface area contributed by atoms with E-state index in [9.17, 15) is 4.79 Å². The molecule has 1 unspecified atom stereocenters. The fourth-order valence-electron chi connectivity index (χ4n) is 3.17. The number of hydrogen-bond donors (Lipinski definition) is 1. The van der Waals surface area contributed by atoms with Gasteiger partial charge in [-0.25, -0.2) is 4.99 Å². The van der Waals surface area contributed by atoms with E-state index in [0.29, 0.717) is 13.2 Å². The summed E-state index contributed by atoms with van der Waals surface area (Å²) in [6, 6.07) is 8.02. The highest BCUT2D eigenvalue weighted by Gasteiger charge is 2.27. The Hall–Kier alpha value is -2.24. The zero-order valence-corrected chi connectivity index (χ0v) is 17.0. The Balaban J connectivity index is 1.90. The Labute approximate surface area is 162 Å². The summed E-state index contributed by atoms with van der Waals surface area (Å²) in [6.45, 7) is 11.4. The quantitative estimate of drug-likeness (QED) is 0.451. The summed E-state index contributed by atoms with van der Waals surface area (Å²) < 4.78 is 11.2. The maximum absolute atomic E-state index is 11.9. The molecule has 6 nitrogen and oxygen atoms in total. The smallest absolute Gasteiger partial charge is 0.309 e. The van der Waals surface area contributed by atoms with Gasteiger partial charge in [-0.2, -0.15) is 0 Å². The number of carbonyl (C=O) groups is 1. The highest BCUT2D eigenvalue weighted by Crippen LogP contribution is 2.20. The predicted molar refractivity (Wildman–Crippen MR) is 108 cm³/mol. The molecule has 0 radical (unpaired) electrons. The van der Waals surface area contributed by atoms with Gasteiger partial charge >= 0.3 is 5.97 Å². The van der Waals surface area contributed by atoms with Crippen LogP contribution in [0.25, 0.3) is 0 Å². The van der Waals surface area contributed by atoms with Crippen molar-refractivity contribution in [3.05, 3.63) is 29.8 Å². The number of nitrogens with one attached hydrogen (secondary N) is 1. The molecular weight excluding hydrogens is 342 g/mol. The Morgan fingerprint density at radius 3 is 2.63 bits per heavy atom. The van der Waals surface area contributed by atoms with Crippen LogP contribution in [0.4, 0.5) is 0 Å². The molecule has 0 amide bonds. The summed E-state index contributed by atoms with van der Waals surface area (Å²) in [6.07, 6.45) is 1.59. The molecule has 1 aromatic carbocycles. The van der Waals surface area contributed by atoms with Crippen LogP contribution in [0.1, 0.15) is 39.2 Å². The zero-order valence-electron chi connectivity index (χ0n) is 17.0. The second-order valence-electron chi connectivity index (χ2n) is 6.90. The number of para-hydroxylation sites is 1. The molecular formula is C21H33N3O3. The van der Waals surface area contributed by atoms with Gasteiger partial charge in [-0.1, -0.05) is 18.2 Å². The number of aryl methyl sites for hydroxylation is 1. The van der Waals surface area contributed by atoms with Crippen molar-refractivity contribution in [1.82, 2.24) is 10.2 Å². The topological polar surface area (TPSA) is 63.2 Å². The van der Waals surface area contributed by atoms with Crippen molar-refractivity contribution in [1.29, 1.82) is 0 Å². The van der Waals surface area contributed by atoms with Gasteiger partial charge in [0.25, 0.3) is 0 Å². The predicted octanol–water partition coefficient (Wildman–Crippen LogP) is 3.00. The van der Waals surface area contributed by atoms with Crippen LogP contribution < -0.4 is 10.1 Å². The molecule has 150 valence electrons. The molecule has 0 bridgehead atoms. The molecule has 1 aliphatic rings. The maximum Gasteiger partial charge on any atom is 0.309 e. The second-order valence-corrected chi connectivity index (χ2v) is 6.90. The summed E-state index contributed by atoms with van der Waals surface area (Å²) in [5, 5.41) is 3.36. The molecule has 0 aliphatic carbocycles. The monoisotopic (exact) mass is 375 g/mol. The summed E-state index contributed by atoms with van der Waals surface area (Å²) >= 11 is 0. The molecule has 1 aromatic rings. The fraction of sp³-hybridized carbons (Fsp3) is 0.619. The molecule has 6 heteroatoms. The SMILES string of the molecule is CCNC(=NCC(C)Oc1ccccc1C)N1CCC(C(=O)OCC)CC1. The van der Waals surface area contributed by atoms with Crippen LogP contribution in [0.5, 0.6) is 5.75 Å². The van der Waals surface area contributed by atoms with Gasteiger partial charge in [-0.3, -0.25) is 4.79 Å². The number of esters is 1. The van der Waals surface area contributed by atoms with Gasteiger partial charge in [0, 0.05) is 19.6 Å². The third kappa shape index (κ3) is 6.45. The molecule has 2 rings (SSSR count). The highest BCUT2D eigenvalue weighted by molar-refractivity contribution is 5.80. The van der Waals surface area contributed by atoms with Gasteiger partial charge in [0.15, 0.2) is 5.96 Å². The number of guanidine groups is 1. The molecule has 1 N–H and O–H groups in total. The maximum atomic E-state index is 11.9. The van der Waals surface area contributed by atoms with Crippen LogP contribution in [-0.4, -0.2) is 55.7 Å². The average Bonchev–Trinajstić information content (AvgIpc) is 2.67. The standard InChI is InChI=1S/C21H33N3O3/c1-5-22-21(24-13-11-18(12-14-24)20(25)26-6-2)23-15-17(4)27-19-10-8-7-9-16(19)3/h7-10,17-18H,5-6,11-15H2,1-4H3,(H,22,23). The van der Waals surface area contributed by atoms with Crippen molar-refractivity contribution in [2.75, 3.05) is 32.8 Å². The fourth-order valence-corrected chi connectivity index (χ4v) is 3.17. The molecule has 27 heavy (non-hydrogen) atoms. The van der Waals surface area contributed by atoms with Gasteiger partial charge in [0.05, 0.1) is 19.1 Å². The van der Waals surface area contributed by atoms with E-state index >= 15 is 0 Å². The number of benzene rings is 1. The number of likely N-dealkylation sites (tertiary alicyclic amines) is 1. The van der Waals surface area contributed by atoms with Crippen LogP contribution in [0.2, 0.25) is 0 Å². The zero-order chi connectivity index (χ0) is 19.6. The third-order valence-corrected chi connectivity index (χ3v) is 4.67. The van der Waals surface area contributed by atoms with Crippen LogP contribution in [-0.2, 0) is 9.53 Å². The first kappa shape index (κ1) is 21.1. The Morgan fingerprint density at radius 2 is 2.00 bits per heavy atom. The van der Waals surface area contributed by atoms with Crippen molar-refractivity contribution in [3.8, 4) is 5.75 Å². The Kier molecular flexibility index (Phi) is 8.43. The van der Waals surface area contributed by atoms with E-state index in [-0.39, 0.29) is 18.0 Å². The van der Waals surface area contributed by atoms with Crippen LogP contribution in [0, 0.1) is 12.8 Å².